The van der Waals surface area contributed by atoms with Gasteiger partial charge >= 0.3 is 0 Å². The van der Waals surface area contributed by atoms with Crippen molar-refractivity contribution in [3.63, 3.8) is 0 Å². The summed E-state index contributed by atoms with van der Waals surface area (Å²) in [6.07, 6.45) is 4.45. The lowest BCUT2D eigenvalue weighted by Crippen LogP contribution is -2.27. The van der Waals surface area contributed by atoms with Crippen LogP contribution in [0.3, 0.4) is 0 Å². The molecule has 0 bridgehead atoms. The first kappa shape index (κ1) is 15.9. The summed E-state index contributed by atoms with van der Waals surface area (Å²) in [6, 6.07) is 3.91. The van der Waals surface area contributed by atoms with Crippen molar-refractivity contribution < 1.29 is 4.52 Å². The van der Waals surface area contributed by atoms with Gasteiger partial charge in [0.2, 0.25) is 11.7 Å². The van der Waals surface area contributed by atoms with Gasteiger partial charge in [-0.05, 0) is 52.7 Å². The number of aromatic nitrogens is 6. The molecule has 4 rings (SSSR count). The first-order valence-electron chi connectivity index (χ1n) is 8.62. The summed E-state index contributed by atoms with van der Waals surface area (Å²) in [4.78, 5) is 8.88. The topological polar surface area (TPSA) is 82.5 Å². The monoisotopic (exact) mass is 338 g/mol. The van der Waals surface area contributed by atoms with Crippen LogP contribution in [0.1, 0.15) is 56.1 Å². The van der Waals surface area contributed by atoms with Crippen LogP contribution in [0.4, 0.5) is 0 Å². The Hall–Kier alpha value is -2.57. The Bertz CT molecular complexity index is 887. The van der Waals surface area contributed by atoms with Gasteiger partial charge < -0.3 is 4.52 Å². The highest BCUT2D eigenvalue weighted by Gasteiger charge is 2.31. The van der Waals surface area contributed by atoms with Crippen molar-refractivity contribution >= 4 is 0 Å². The molecule has 7 heteroatoms. The summed E-state index contributed by atoms with van der Waals surface area (Å²) in [5.41, 5.74) is 4.06. The van der Waals surface area contributed by atoms with Crippen molar-refractivity contribution in [2.75, 3.05) is 0 Å². The molecule has 3 heterocycles. The molecule has 0 aromatic carbocycles. The van der Waals surface area contributed by atoms with E-state index in [1.807, 2.05) is 23.7 Å². The fourth-order valence-electron chi connectivity index (χ4n) is 3.26. The standard InChI is InChI=1S/C18H22N6O/c1-11-5-6-13(10-19-11)16-20-17(25-22-16)12-7-8-15-14(9-12)21-23-24(15)18(2,3)4/h5-6,10,12H,7-9H2,1-4H3. The van der Waals surface area contributed by atoms with Gasteiger partial charge in [0.05, 0.1) is 16.9 Å². The first-order valence-corrected chi connectivity index (χ1v) is 8.62. The lowest BCUT2D eigenvalue weighted by atomic mass is 9.89. The number of nitrogens with zero attached hydrogens (tertiary/aromatic N) is 6. The molecule has 130 valence electrons. The number of hydrogen-bond acceptors (Lipinski definition) is 6. The fraction of sp³-hybridized carbons (Fsp3) is 0.500. The van der Waals surface area contributed by atoms with Crippen LogP contribution in [0.5, 0.6) is 0 Å². The highest BCUT2D eigenvalue weighted by atomic mass is 16.5. The second-order valence-electron chi connectivity index (χ2n) is 7.65. The maximum Gasteiger partial charge on any atom is 0.230 e. The summed E-state index contributed by atoms with van der Waals surface area (Å²) in [5.74, 6) is 1.45. The molecule has 25 heavy (non-hydrogen) atoms. The van der Waals surface area contributed by atoms with E-state index in [0.717, 1.165) is 36.2 Å². The van der Waals surface area contributed by atoms with E-state index in [0.29, 0.717) is 11.7 Å². The van der Waals surface area contributed by atoms with E-state index >= 15 is 0 Å². The van der Waals surface area contributed by atoms with Gasteiger partial charge in [0, 0.05) is 29.8 Å². The number of fused-ring (bicyclic) bond motifs is 1. The Morgan fingerprint density at radius 3 is 2.80 bits per heavy atom. The Labute approximate surface area is 146 Å². The second kappa shape index (κ2) is 5.75. The molecule has 3 aromatic rings. The maximum absolute atomic E-state index is 5.53. The van der Waals surface area contributed by atoms with Gasteiger partial charge in [0.25, 0.3) is 0 Å². The molecule has 1 aliphatic rings. The Morgan fingerprint density at radius 2 is 2.08 bits per heavy atom. The van der Waals surface area contributed by atoms with E-state index in [2.05, 4.69) is 46.2 Å². The normalized spacial score (nSPS) is 17.5. The minimum absolute atomic E-state index is 0.0521. The van der Waals surface area contributed by atoms with Crippen LogP contribution in [0, 0.1) is 6.92 Å². The minimum Gasteiger partial charge on any atom is -0.339 e. The van der Waals surface area contributed by atoms with E-state index in [9.17, 15) is 0 Å². The van der Waals surface area contributed by atoms with Crippen molar-refractivity contribution in [2.45, 2.75) is 58.4 Å². The van der Waals surface area contributed by atoms with E-state index in [1.165, 1.54) is 5.69 Å². The fourth-order valence-corrected chi connectivity index (χ4v) is 3.26. The number of hydrogen-bond donors (Lipinski definition) is 0. The molecule has 0 fully saturated rings. The predicted molar refractivity (Wildman–Crippen MR) is 92.1 cm³/mol. The van der Waals surface area contributed by atoms with E-state index in [1.54, 1.807) is 6.20 Å². The van der Waals surface area contributed by atoms with Gasteiger partial charge in [0.1, 0.15) is 0 Å². The van der Waals surface area contributed by atoms with Crippen LogP contribution in [0.25, 0.3) is 11.4 Å². The van der Waals surface area contributed by atoms with Crippen molar-refractivity contribution in [3.8, 4) is 11.4 Å². The largest absolute Gasteiger partial charge is 0.339 e. The van der Waals surface area contributed by atoms with Crippen LogP contribution in [-0.4, -0.2) is 30.1 Å². The van der Waals surface area contributed by atoms with Gasteiger partial charge in [-0.15, -0.1) is 5.10 Å². The summed E-state index contributed by atoms with van der Waals surface area (Å²) < 4.78 is 7.57. The van der Waals surface area contributed by atoms with Crippen LogP contribution in [0.2, 0.25) is 0 Å². The van der Waals surface area contributed by atoms with Crippen LogP contribution in [0.15, 0.2) is 22.9 Å². The average molecular weight is 338 g/mol. The quantitative estimate of drug-likeness (QED) is 0.714. The molecule has 3 aromatic heterocycles. The molecule has 0 saturated carbocycles. The lowest BCUT2D eigenvalue weighted by Gasteiger charge is -2.24. The summed E-state index contributed by atoms with van der Waals surface area (Å²) in [6.45, 7) is 8.39. The van der Waals surface area contributed by atoms with Gasteiger partial charge in [-0.25, -0.2) is 4.68 Å². The molecular weight excluding hydrogens is 316 g/mol. The number of rotatable bonds is 2. The molecule has 0 spiro atoms. The second-order valence-corrected chi connectivity index (χ2v) is 7.65. The van der Waals surface area contributed by atoms with Gasteiger partial charge in [-0.1, -0.05) is 10.4 Å². The zero-order valence-corrected chi connectivity index (χ0v) is 15.0. The van der Waals surface area contributed by atoms with Crippen molar-refractivity contribution in [1.82, 2.24) is 30.1 Å². The zero-order chi connectivity index (χ0) is 17.6. The minimum atomic E-state index is -0.0521. The maximum atomic E-state index is 5.53. The van der Waals surface area contributed by atoms with Crippen LogP contribution in [-0.2, 0) is 18.4 Å². The molecule has 0 radical (unpaired) electrons. The van der Waals surface area contributed by atoms with Gasteiger partial charge in [-0.3, -0.25) is 4.98 Å². The first-order chi connectivity index (χ1) is 11.9. The molecule has 7 nitrogen and oxygen atoms in total. The van der Waals surface area contributed by atoms with Crippen LogP contribution >= 0.6 is 0 Å². The molecule has 1 unspecified atom stereocenters. The zero-order valence-electron chi connectivity index (χ0n) is 15.0. The molecule has 1 aliphatic carbocycles. The average Bonchev–Trinajstić information content (AvgIpc) is 3.21. The third kappa shape index (κ3) is 2.94. The highest BCUT2D eigenvalue weighted by Crippen LogP contribution is 2.33. The van der Waals surface area contributed by atoms with Crippen molar-refractivity contribution in [3.05, 3.63) is 41.3 Å². The molecule has 0 amide bonds. The number of pyridine rings is 1. The lowest BCUT2D eigenvalue weighted by molar-refractivity contribution is 0.320. The SMILES string of the molecule is Cc1ccc(-c2noc(C3CCc4c(nnn4C(C)(C)C)C3)n2)cn1. The summed E-state index contributed by atoms with van der Waals surface area (Å²) in [5, 5.41) is 12.9. The molecule has 0 aliphatic heterocycles. The molecular formula is C18H22N6O. The molecule has 1 atom stereocenters. The summed E-state index contributed by atoms with van der Waals surface area (Å²) in [7, 11) is 0. The third-order valence-corrected chi connectivity index (χ3v) is 4.61. The van der Waals surface area contributed by atoms with E-state index in [-0.39, 0.29) is 11.5 Å². The van der Waals surface area contributed by atoms with Gasteiger partial charge in [-0.2, -0.15) is 4.98 Å². The smallest absolute Gasteiger partial charge is 0.230 e. The molecule has 0 saturated heterocycles. The Kier molecular flexibility index (Phi) is 3.67. The highest BCUT2D eigenvalue weighted by molar-refractivity contribution is 5.52. The van der Waals surface area contributed by atoms with E-state index in [4.69, 9.17) is 4.52 Å². The number of aryl methyl sites for hydroxylation is 1. The van der Waals surface area contributed by atoms with Crippen molar-refractivity contribution in [1.29, 1.82) is 0 Å². The van der Waals surface area contributed by atoms with Crippen LogP contribution < -0.4 is 0 Å². The van der Waals surface area contributed by atoms with Crippen molar-refractivity contribution in [2.24, 2.45) is 0 Å². The molecule has 0 N–H and O–H groups in total. The van der Waals surface area contributed by atoms with E-state index < -0.39 is 0 Å². The Morgan fingerprint density at radius 1 is 1.24 bits per heavy atom. The Balaban J connectivity index is 1.57. The summed E-state index contributed by atoms with van der Waals surface area (Å²) >= 11 is 0. The predicted octanol–water partition coefficient (Wildman–Crippen LogP) is 3.06. The van der Waals surface area contributed by atoms with Gasteiger partial charge in [0.15, 0.2) is 0 Å². The third-order valence-electron chi connectivity index (χ3n) is 4.61.